The van der Waals surface area contributed by atoms with Crippen LogP contribution in [0.4, 0.5) is 5.69 Å². The van der Waals surface area contributed by atoms with E-state index >= 15 is 0 Å². The Bertz CT molecular complexity index is 1230. The van der Waals surface area contributed by atoms with Crippen LogP contribution < -0.4 is 5.56 Å². The molecule has 0 spiro atoms. The molecule has 0 bridgehead atoms. The molecule has 7 heteroatoms. The van der Waals surface area contributed by atoms with Crippen LogP contribution in [0.3, 0.4) is 0 Å². The van der Waals surface area contributed by atoms with Gasteiger partial charge in [0.25, 0.3) is 11.2 Å². The summed E-state index contributed by atoms with van der Waals surface area (Å²) in [6.07, 6.45) is 2.53. The fourth-order valence-electron chi connectivity index (χ4n) is 3.16. The van der Waals surface area contributed by atoms with E-state index in [1.807, 2.05) is 17.5 Å². The van der Waals surface area contributed by atoms with Crippen molar-refractivity contribution in [1.82, 2.24) is 9.55 Å². The van der Waals surface area contributed by atoms with Gasteiger partial charge in [0.05, 0.1) is 23.2 Å². The average Bonchev–Trinajstić information content (AvgIpc) is 3.16. The number of rotatable bonds is 5. The van der Waals surface area contributed by atoms with E-state index in [0.717, 1.165) is 12.0 Å². The van der Waals surface area contributed by atoms with Crippen LogP contribution in [0.1, 0.15) is 18.1 Å². The van der Waals surface area contributed by atoms with Crippen LogP contribution in [0, 0.1) is 10.1 Å². The molecular formula is C21H17N3O3S. The molecule has 0 aliphatic rings. The lowest BCUT2D eigenvalue weighted by Gasteiger charge is -2.07. The van der Waals surface area contributed by atoms with E-state index in [9.17, 15) is 14.9 Å². The molecule has 2 aromatic heterocycles. The Kier molecular flexibility index (Phi) is 4.75. The second-order valence-corrected chi connectivity index (χ2v) is 7.34. The largest absolute Gasteiger partial charge is 0.294 e. The summed E-state index contributed by atoms with van der Waals surface area (Å²) in [5, 5.41) is 13.4. The number of nitrogens with zero attached hydrogens (tertiary/aromatic N) is 3. The number of nitro groups is 1. The van der Waals surface area contributed by atoms with Crippen LogP contribution in [-0.2, 0) is 13.0 Å². The van der Waals surface area contributed by atoms with E-state index in [1.165, 1.54) is 29.0 Å². The first-order valence-electron chi connectivity index (χ1n) is 8.86. The van der Waals surface area contributed by atoms with Crippen LogP contribution >= 0.6 is 11.3 Å². The van der Waals surface area contributed by atoms with Crippen molar-refractivity contribution in [1.29, 1.82) is 0 Å². The molecule has 0 amide bonds. The van der Waals surface area contributed by atoms with E-state index in [-0.39, 0.29) is 11.2 Å². The number of nitro benzene ring substituents is 1. The number of fused-ring (bicyclic) bond motifs is 1. The van der Waals surface area contributed by atoms with Crippen molar-refractivity contribution in [2.45, 2.75) is 19.9 Å². The maximum atomic E-state index is 13.1. The molecule has 2 heterocycles. The van der Waals surface area contributed by atoms with Crippen LogP contribution in [0.25, 0.3) is 21.3 Å². The Morgan fingerprint density at radius 3 is 2.61 bits per heavy atom. The first-order chi connectivity index (χ1) is 13.6. The zero-order chi connectivity index (χ0) is 19.7. The summed E-state index contributed by atoms with van der Waals surface area (Å²) in [6, 6.07) is 14.5. The van der Waals surface area contributed by atoms with Gasteiger partial charge in [0.2, 0.25) is 0 Å². The van der Waals surface area contributed by atoms with E-state index in [2.05, 4.69) is 24.0 Å². The summed E-state index contributed by atoms with van der Waals surface area (Å²) in [6.45, 7) is 2.53. The number of hydrogen-bond acceptors (Lipinski definition) is 5. The molecule has 0 fully saturated rings. The summed E-state index contributed by atoms with van der Waals surface area (Å²) < 4.78 is 1.58. The smallest absolute Gasteiger partial charge is 0.270 e. The van der Waals surface area contributed by atoms with Gasteiger partial charge in [-0.05, 0) is 23.1 Å². The van der Waals surface area contributed by atoms with Gasteiger partial charge >= 0.3 is 0 Å². The van der Waals surface area contributed by atoms with Crippen molar-refractivity contribution in [3.63, 3.8) is 0 Å². The molecule has 0 N–H and O–H groups in total. The Balaban J connectivity index is 1.78. The topological polar surface area (TPSA) is 78.0 Å². The van der Waals surface area contributed by atoms with Crippen LogP contribution in [-0.4, -0.2) is 14.5 Å². The maximum Gasteiger partial charge on any atom is 0.270 e. The third-order valence-electron chi connectivity index (χ3n) is 4.71. The molecule has 0 aliphatic heterocycles. The van der Waals surface area contributed by atoms with Crippen LogP contribution in [0.15, 0.2) is 65.0 Å². The van der Waals surface area contributed by atoms with Crippen LogP contribution in [0.5, 0.6) is 0 Å². The Labute approximate surface area is 164 Å². The number of hydrogen-bond donors (Lipinski definition) is 0. The molecule has 0 atom stereocenters. The highest BCUT2D eigenvalue weighted by Gasteiger charge is 2.15. The average molecular weight is 391 g/mol. The minimum Gasteiger partial charge on any atom is -0.294 e. The highest BCUT2D eigenvalue weighted by atomic mass is 32.1. The number of thiophene rings is 1. The van der Waals surface area contributed by atoms with Crippen molar-refractivity contribution in [2.75, 3.05) is 0 Å². The highest BCUT2D eigenvalue weighted by Crippen LogP contribution is 2.32. The van der Waals surface area contributed by atoms with Crippen molar-refractivity contribution in [3.8, 4) is 11.1 Å². The third kappa shape index (κ3) is 3.32. The lowest BCUT2D eigenvalue weighted by Crippen LogP contribution is -2.21. The molecule has 28 heavy (non-hydrogen) atoms. The predicted octanol–water partition coefficient (Wildman–Crippen LogP) is 4.64. The van der Waals surface area contributed by atoms with Crippen LogP contribution in [0.2, 0.25) is 0 Å². The fraction of sp³-hybridized carbons (Fsp3) is 0.143. The highest BCUT2D eigenvalue weighted by molar-refractivity contribution is 7.17. The summed E-state index contributed by atoms with van der Waals surface area (Å²) in [5.74, 6) is 0. The first-order valence-corrected chi connectivity index (χ1v) is 9.74. The SMILES string of the molecule is CCc1ccc(Cn2cnc3scc(-c4cccc([N+](=O)[O-])c4)c3c2=O)cc1. The first kappa shape index (κ1) is 18.1. The Hall–Kier alpha value is -3.32. The van der Waals surface area contributed by atoms with Crippen molar-refractivity contribution < 1.29 is 4.92 Å². The quantitative estimate of drug-likeness (QED) is 0.367. The lowest BCUT2D eigenvalue weighted by atomic mass is 10.1. The van der Waals surface area contributed by atoms with Gasteiger partial charge in [-0.25, -0.2) is 4.98 Å². The third-order valence-corrected chi connectivity index (χ3v) is 5.60. The van der Waals surface area contributed by atoms with E-state index in [1.54, 1.807) is 23.0 Å². The maximum absolute atomic E-state index is 13.1. The van der Waals surface area contributed by atoms with Gasteiger partial charge in [-0.15, -0.1) is 11.3 Å². The summed E-state index contributed by atoms with van der Waals surface area (Å²) in [7, 11) is 0. The number of benzene rings is 2. The van der Waals surface area contributed by atoms with Crippen molar-refractivity contribution in [3.05, 3.63) is 91.8 Å². The molecule has 0 saturated carbocycles. The summed E-state index contributed by atoms with van der Waals surface area (Å²) in [4.78, 5) is 28.8. The molecular weight excluding hydrogens is 374 g/mol. The summed E-state index contributed by atoms with van der Waals surface area (Å²) in [5.41, 5.74) is 3.44. The minimum atomic E-state index is -0.436. The van der Waals surface area contributed by atoms with Gasteiger partial charge in [-0.3, -0.25) is 19.5 Å². The molecule has 4 aromatic rings. The summed E-state index contributed by atoms with van der Waals surface area (Å²) >= 11 is 1.36. The molecule has 0 radical (unpaired) electrons. The monoisotopic (exact) mass is 391 g/mol. The van der Waals surface area contributed by atoms with E-state index in [4.69, 9.17) is 0 Å². The zero-order valence-electron chi connectivity index (χ0n) is 15.2. The molecule has 6 nitrogen and oxygen atoms in total. The fourth-order valence-corrected chi connectivity index (χ4v) is 4.06. The standard InChI is InChI=1S/C21H17N3O3S/c1-2-14-6-8-15(9-7-14)11-23-13-22-20-19(21(23)25)18(12-28-20)16-4-3-5-17(10-16)24(26)27/h3-10,12-13H,2,11H2,1H3. The molecule has 0 unspecified atom stereocenters. The molecule has 2 aromatic carbocycles. The second kappa shape index (κ2) is 7.36. The van der Waals surface area contributed by atoms with Gasteiger partial charge in [0.15, 0.2) is 0 Å². The lowest BCUT2D eigenvalue weighted by molar-refractivity contribution is -0.384. The number of aromatic nitrogens is 2. The number of non-ortho nitro benzene ring substituents is 1. The Morgan fingerprint density at radius 2 is 1.89 bits per heavy atom. The van der Waals surface area contributed by atoms with Gasteiger partial charge < -0.3 is 0 Å². The van der Waals surface area contributed by atoms with Gasteiger partial charge in [0, 0.05) is 23.1 Å². The number of aryl methyl sites for hydroxylation is 1. The molecule has 0 aliphatic carbocycles. The van der Waals surface area contributed by atoms with Crippen molar-refractivity contribution >= 4 is 27.2 Å². The van der Waals surface area contributed by atoms with Gasteiger partial charge in [-0.2, -0.15) is 0 Å². The molecule has 140 valence electrons. The van der Waals surface area contributed by atoms with Crippen molar-refractivity contribution in [2.24, 2.45) is 0 Å². The zero-order valence-corrected chi connectivity index (χ0v) is 16.0. The van der Waals surface area contributed by atoms with Gasteiger partial charge in [-0.1, -0.05) is 43.3 Å². The Morgan fingerprint density at radius 1 is 1.14 bits per heavy atom. The van der Waals surface area contributed by atoms with Gasteiger partial charge in [0.1, 0.15) is 4.83 Å². The van der Waals surface area contributed by atoms with E-state index in [0.29, 0.717) is 27.9 Å². The molecule has 0 saturated heterocycles. The minimum absolute atomic E-state index is 0.00270. The predicted molar refractivity (Wildman–Crippen MR) is 111 cm³/mol. The second-order valence-electron chi connectivity index (χ2n) is 6.48. The van der Waals surface area contributed by atoms with E-state index < -0.39 is 4.92 Å². The molecule has 4 rings (SSSR count). The normalized spacial score (nSPS) is 11.0.